The van der Waals surface area contributed by atoms with Crippen LogP contribution < -0.4 is 24.8 Å². The number of hydrogen-bond donors (Lipinski definition) is 2. The lowest BCUT2D eigenvalue weighted by molar-refractivity contribution is -0.115. The zero-order valence-corrected chi connectivity index (χ0v) is 16.1. The summed E-state index contributed by atoms with van der Waals surface area (Å²) >= 11 is 0. The molecule has 148 valence electrons. The molecule has 0 unspecified atom stereocenters. The van der Waals surface area contributed by atoms with Crippen LogP contribution >= 0.6 is 0 Å². The summed E-state index contributed by atoms with van der Waals surface area (Å²) in [5.41, 5.74) is 1.33. The summed E-state index contributed by atoms with van der Waals surface area (Å²) in [4.78, 5) is 35.7. The third kappa shape index (κ3) is 5.00. The fraction of sp³-hybridized carbons (Fsp3) is 0.250. The first-order valence-electron chi connectivity index (χ1n) is 8.38. The van der Waals surface area contributed by atoms with Crippen molar-refractivity contribution in [2.75, 3.05) is 33.2 Å². The van der Waals surface area contributed by atoms with Crippen molar-refractivity contribution in [2.24, 2.45) is 0 Å². The van der Waals surface area contributed by atoms with E-state index in [9.17, 15) is 14.4 Å². The van der Waals surface area contributed by atoms with Crippen molar-refractivity contribution in [1.29, 1.82) is 0 Å². The van der Waals surface area contributed by atoms with Crippen molar-refractivity contribution in [3.63, 3.8) is 0 Å². The van der Waals surface area contributed by atoms with Crippen LogP contribution in [0, 0.1) is 0 Å². The zero-order chi connectivity index (χ0) is 20.7. The van der Waals surface area contributed by atoms with E-state index in [-0.39, 0.29) is 17.9 Å². The molecule has 2 N–H and O–H groups in total. The molecule has 2 rings (SSSR count). The Morgan fingerprint density at radius 2 is 1.43 bits per heavy atom. The van der Waals surface area contributed by atoms with Gasteiger partial charge >= 0.3 is 0 Å². The average Bonchev–Trinajstić information content (AvgIpc) is 2.71. The molecule has 2 aromatic rings. The smallest absolute Gasteiger partial charge is 0.251 e. The molecule has 0 aromatic heterocycles. The third-order valence-corrected chi connectivity index (χ3v) is 3.91. The monoisotopic (exact) mass is 386 g/mol. The molecule has 0 heterocycles. The van der Waals surface area contributed by atoms with Crippen LogP contribution in [0.25, 0.3) is 0 Å². The van der Waals surface area contributed by atoms with Gasteiger partial charge in [0.25, 0.3) is 5.91 Å². The molecule has 28 heavy (non-hydrogen) atoms. The molecule has 2 amide bonds. The molecule has 2 aromatic carbocycles. The second-order valence-corrected chi connectivity index (χ2v) is 5.78. The maximum Gasteiger partial charge on any atom is 0.251 e. The van der Waals surface area contributed by atoms with Gasteiger partial charge in [-0.2, -0.15) is 0 Å². The number of methoxy groups -OCH3 is 3. The first-order chi connectivity index (χ1) is 13.4. The van der Waals surface area contributed by atoms with E-state index in [2.05, 4.69) is 10.6 Å². The Balaban J connectivity index is 2.01. The zero-order valence-electron chi connectivity index (χ0n) is 16.1. The van der Waals surface area contributed by atoms with E-state index in [1.807, 2.05) is 0 Å². The number of ketones is 1. The molecule has 0 bridgehead atoms. The van der Waals surface area contributed by atoms with Crippen molar-refractivity contribution in [1.82, 2.24) is 5.32 Å². The number of hydrogen-bond acceptors (Lipinski definition) is 6. The Bertz CT molecular complexity index is 852. The summed E-state index contributed by atoms with van der Waals surface area (Å²) in [6, 6.07) is 9.47. The molecule has 8 nitrogen and oxygen atoms in total. The maximum atomic E-state index is 12.4. The van der Waals surface area contributed by atoms with Gasteiger partial charge < -0.3 is 24.8 Å². The molecule has 0 atom stereocenters. The number of amides is 2. The van der Waals surface area contributed by atoms with E-state index < -0.39 is 11.8 Å². The second-order valence-electron chi connectivity index (χ2n) is 5.78. The molecule has 0 spiro atoms. The number of nitrogens with one attached hydrogen (secondary N) is 2. The van der Waals surface area contributed by atoms with Crippen molar-refractivity contribution in [3.8, 4) is 17.2 Å². The van der Waals surface area contributed by atoms with Gasteiger partial charge in [-0.15, -0.1) is 0 Å². The molecule has 0 fully saturated rings. The largest absolute Gasteiger partial charge is 0.493 e. The van der Waals surface area contributed by atoms with Crippen molar-refractivity contribution in [2.45, 2.75) is 6.92 Å². The summed E-state index contributed by atoms with van der Waals surface area (Å²) in [5, 5.41) is 5.18. The highest BCUT2D eigenvalue weighted by Gasteiger charge is 2.17. The van der Waals surface area contributed by atoms with E-state index in [0.717, 1.165) is 0 Å². The molecule has 0 saturated carbocycles. The van der Waals surface area contributed by atoms with Crippen LogP contribution in [-0.4, -0.2) is 45.5 Å². The molecular formula is C20H22N2O6. The number of benzene rings is 2. The van der Waals surface area contributed by atoms with E-state index in [4.69, 9.17) is 14.2 Å². The van der Waals surface area contributed by atoms with Crippen LogP contribution in [-0.2, 0) is 4.79 Å². The quantitative estimate of drug-likeness (QED) is 0.675. The van der Waals surface area contributed by atoms with Gasteiger partial charge in [0.15, 0.2) is 17.3 Å². The normalized spacial score (nSPS) is 10.0. The van der Waals surface area contributed by atoms with E-state index in [1.165, 1.54) is 40.4 Å². The van der Waals surface area contributed by atoms with Gasteiger partial charge in [0.2, 0.25) is 11.7 Å². The lowest BCUT2D eigenvalue weighted by atomic mass is 10.1. The predicted molar refractivity (Wildman–Crippen MR) is 104 cm³/mol. The SMILES string of the molecule is COc1cc(C(=O)NCC(=O)Nc2ccc(C(C)=O)cc2)cc(OC)c1OC. The fourth-order valence-electron chi connectivity index (χ4n) is 2.47. The minimum Gasteiger partial charge on any atom is -0.493 e. The van der Waals surface area contributed by atoms with Gasteiger partial charge in [-0.25, -0.2) is 0 Å². The Labute approximate surface area is 162 Å². The number of ether oxygens (including phenoxy) is 3. The fourth-order valence-corrected chi connectivity index (χ4v) is 2.47. The molecule has 0 saturated heterocycles. The van der Waals surface area contributed by atoms with Crippen molar-refractivity contribution >= 4 is 23.3 Å². The van der Waals surface area contributed by atoms with E-state index >= 15 is 0 Å². The number of anilines is 1. The summed E-state index contributed by atoms with van der Waals surface area (Å²) < 4.78 is 15.6. The molecule has 8 heteroatoms. The minimum atomic E-state index is -0.471. The first-order valence-corrected chi connectivity index (χ1v) is 8.38. The second kappa shape index (κ2) is 9.40. The Morgan fingerprint density at radius 3 is 1.89 bits per heavy atom. The molecule has 0 radical (unpaired) electrons. The Kier molecular flexibility index (Phi) is 6.97. The molecule has 0 aliphatic carbocycles. The Morgan fingerprint density at radius 1 is 0.857 bits per heavy atom. The van der Waals surface area contributed by atoms with Gasteiger partial charge in [0.1, 0.15) is 0 Å². The van der Waals surface area contributed by atoms with Gasteiger partial charge in [-0.3, -0.25) is 14.4 Å². The van der Waals surface area contributed by atoms with Gasteiger partial charge in [0, 0.05) is 16.8 Å². The highest BCUT2D eigenvalue weighted by Crippen LogP contribution is 2.38. The summed E-state index contributed by atoms with van der Waals surface area (Å²) in [6.07, 6.45) is 0. The standard InChI is InChI=1S/C20H22N2O6/c1-12(23)13-5-7-15(8-6-13)22-18(24)11-21-20(25)14-9-16(26-2)19(28-4)17(10-14)27-3/h5-10H,11H2,1-4H3,(H,21,25)(H,22,24). The number of carbonyl (C=O) groups is 3. The number of carbonyl (C=O) groups excluding carboxylic acids is 3. The summed E-state index contributed by atoms with van der Waals surface area (Å²) in [7, 11) is 4.36. The topological polar surface area (TPSA) is 103 Å². The van der Waals surface area contributed by atoms with Crippen LogP contribution in [0.3, 0.4) is 0 Å². The third-order valence-electron chi connectivity index (χ3n) is 3.91. The van der Waals surface area contributed by atoms with Crippen LogP contribution in [0.1, 0.15) is 27.6 Å². The van der Waals surface area contributed by atoms with Crippen LogP contribution in [0.5, 0.6) is 17.2 Å². The lowest BCUT2D eigenvalue weighted by Gasteiger charge is -2.14. The molecular weight excluding hydrogens is 364 g/mol. The summed E-state index contributed by atoms with van der Waals surface area (Å²) in [6.45, 7) is 1.23. The van der Waals surface area contributed by atoms with Gasteiger partial charge in [-0.1, -0.05) is 0 Å². The van der Waals surface area contributed by atoms with Crippen LogP contribution in [0.4, 0.5) is 5.69 Å². The molecule has 0 aliphatic rings. The highest BCUT2D eigenvalue weighted by molar-refractivity contribution is 6.00. The van der Waals surface area contributed by atoms with Crippen molar-refractivity contribution < 1.29 is 28.6 Å². The van der Waals surface area contributed by atoms with Gasteiger partial charge in [-0.05, 0) is 43.3 Å². The molecule has 0 aliphatic heterocycles. The van der Waals surface area contributed by atoms with E-state index in [1.54, 1.807) is 24.3 Å². The van der Waals surface area contributed by atoms with Gasteiger partial charge in [0.05, 0.1) is 27.9 Å². The van der Waals surface area contributed by atoms with Crippen LogP contribution in [0.15, 0.2) is 36.4 Å². The van der Waals surface area contributed by atoms with Crippen LogP contribution in [0.2, 0.25) is 0 Å². The summed E-state index contributed by atoms with van der Waals surface area (Å²) in [5.74, 6) is 0.102. The minimum absolute atomic E-state index is 0.0597. The number of rotatable bonds is 8. The maximum absolute atomic E-state index is 12.4. The highest BCUT2D eigenvalue weighted by atomic mass is 16.5. The predicted octanol–water partition coefficient (Wildman–Crippen LogP) is 2.28. The lowest BCUT2D eigenvalue weighted by Crippen LogP contribution is -2.32. The average molecular weight is 386 g/mol. The van der Waals surface area contributed by atoms with Crippen molar-refractivity contribution in [3.05, 3.63) is 47.5 Å². The van der Waals surface area contributed by atoms with E-state index in [0.29, 0.717) is 28.5 Å². The number of Topliss-reactive ketones (excluding diaryl/α,β-unsaturated/α-hetero) is 1. The Hall–Kier alpha value is -3.55. The first kappa shape index (κ1) is 20.8.